The molecule has 1 heterocycles. The van der Waals surface area contributed by atoms with Crippen LogP contribution in [0.5, 0.6) is 0 Å². The van der Waals surface area contributed by atoms with Gasteiger partial charge in [-0.1, -0.05) is 11.6 Å². The maximum absolute atomic E-state index is 8.90. The van der Waals surface area contributed by atoms with Gasteiger partial charge in [0.15, 0.2) is 0 Å². The minimum absolute atomic E-state index is 0.241. The van der Waals surface area contributed by atoms with E-state index >= 15 is 0 Å². The monoisotopic (exact) mass is 198 g/mol. The fourth-order valence-corrected chi connectivity index (χ4v) is 1.79. The molecule has 0 saturated heterocycles. The molecule has 1 aliphatic carbocycles. The van der Waals surface area contributed by atoms with Crippen LogP contribution in [0.25, 0.3) is 0 Å². The molecular weight excluding hydrogens is 188 g/mol. The van der Waals surface area contributed by atoms with Gasteiger partial charge in [-0.25, -0.2) is 9.97 Å². The number of hydrogen-bond donors (Lipinski definition) is 1. The number of aliphatic hydroxyl groups is 1. The molecule has 1 aromatic heterocycles. The van der Waals surface area contributed by atoms with Gasteiger partial charge in [0.1, 0.15) is 11.0 Å². The van der Waals surface area contributed by atoms with Gasteiger partial charge in [-0.15, -0.1) is 0 Å². The molecule has 0 radical (unpaired) electrons. The molecule has 0 bridgehead atoms. The van der Waals surface area contributed by atoms with E-state index in [-0.39, 0.29) is 6.61 Å². The minimum Gasteiger partial charge on any atom is -0.396 e. The number of hydrogen-bond acceptors (Lipinski definition) is 3. The first-order chi connectivity index (χ1) is 6.20. The van der Waals surface area contributed by atoms with Crippen molar-refractivity contribution in [3.63, 3.8) is 0 Å². The third-order valence-corrected chi connectivity index (χ3v) is 2.56. The van der Waals surface area contributed by atoms with E-state index < -0.39 is 0 Å². The van der Waals surface area contributed by atoms with E-state index in [4.69, 9.17) is 16.7 Å². The zero-order valence-electron chi connectivity index (χ0n) is 7.37. The van der Waals surface area contributed by atoms with Gasteiger partial charge in [-0.3, -0.25) is 0 Å². The average molecular weight is 199 g/mol. The van der Waals surface area contributed by atoms with Gasteiger partial charge in [0.25, 0.3) is 0 Å². The first-order valence-electron chi connectivity index (χ1n) is 4.32. The molecule has 0 aliphatic heterocycles. The molecule has 1 aliphatic rings. The molecule has 70 valence electrons. The summed E-state index contributed by atoms with van der Waals surface area (Å²) in [7, 11) is 0. The highest BCUT2D eigenvalue weighted by atomic mass is 35.5. The maximum atomic E-state index is 8.90. The van der Waals surface area contributed by atoms with Crippen LogP contribution in [0.3, 0.4) is 0 Å². The van der Waals surface area contributed by atoms with Crippen LogP contribution < -0.4 is 0 Å². The molecule has 0 unspecified atom stereocenters. The number of nitrogens with zero attached hydrogens (tertiary/aromatic N) is 2. The summed E-state index contributed by atoms with van der Waals surface area (Å²) in [5.74, 6) is 1.47. The summed E-state index contributed by atoms with van der Waals surface area (Å²) in [6.07, 6.45) is 1.02. The van der Waals surface area contributed by atoms with Crippen molar-refractivity contribution in [2.45, 2.75) is 19.3 Å². The Hall–Kier alpha value is -0.670. The predicted molar refractivity (Wildman–Crippen MR) is 49.7 cm³/mol. The fraction of sp³-hybridized carbons (Fsp3) is 0.556. The molecule has 13 heavy (non-hydrogen) atoms. The van der Waals surface area contributed by atoms with Gasteiger partial charge >= 0.3 is 0 Å². The van der Waals surface area contributed by atoms with Crippen LogP contribution in [0.4, 0.5) is 0 Å². The SMILES string of the molecule is Cc1nc(Cl)cc([C@@H]2C[C@@H]2CO)n1. The van der Waals surface area contributed by atoms with Crippen LogP contribution >= 0.6 is 11.6 Å². The molecule has 0 amide bonds. The Balaban J connectivity index is 2.22. The Labute approximate surface area is 81.8 Å². The minimum atomic E-state index is 0.241. The Morgan fingerprint density at radius 3 is 2.92 bits per heavy atom. The van der Waals surface area contributed by atoms with E-state index in [0.29, 0.717) is 22.8 Å². The molecule has 2 rings (SSSR count). The van der Waals surface area contributed by atoms with Crippen LogP contribution in [0.2, 0.25) is 5.15 Å². The highest BCUT2D eigenvalue weighted by Gasteiger charge is 2.38. The van der Waals surface area contributed by atoms with Crippen molar-refractivity contribution in [3.8, 4) is 0 Å². The lowest BCUT2D eigenvalue weighted by Crippen LogP contribution is -1.96. The Bertz CT molecular complexity index is 309. The smallest absolute Gasteiger partial charge is 0.133 e. The van der Waals surface area contributed by atoms with E-state index in [0.717, 1.165) is 12.1 Å². The third kappa shape index (κ3) is 1.81. The van der Waals surface area contributed by atoms with Crippen LogP contribution in [-0.2, 0) is 0 Å². The largest absolute Gasteiger partial charge is 0.396 e. The molecule has 1 aromatic rings. The van der Waals surface area contributed by atoms with Crippen molar-refractivity contribution in [1.29, 1.82) is 0 Å². The fourth-order valence-electron chi connectivity index (χ4n) is 1.55. The maximum Gasteiger partial charge on any atom is 0.133 e. The van der Waals surface area contributed by atoms with Gasteiger partial charge in [0.2, 0.25) is 0 Å². The van der Waals surface area contributed by atoms with Crippen LogP contribution in [0, 0.1) is 12.8 Å². The normalized spacial score (nSPS) is 26.1. The van der Waals surface area contributed by atoms with Crippen LogP contribution in [0.15, 0.2) is 6.07 Å². The van der Waals surface area contributed by atoms with Crippen molar-refractivity contribution < 1.29 is 5.11 Å². The summed E-state index contributed by atoms with van der Waals surface area (Å²) < 4.78 is 0. The average Bonchev–Trinajstić information content (AvgIpc) is 2.80. The van der Waals surface area contributed by atoms with Crippen molar-refractivity contribution in [1.82, 2.24) is 9.97 Å². The second kappa shape index (κ2) is 3.24. The zero-order chi connectivity index (χ0) is 9.42. The number of halogens is 1. The molecule has 4 heteroatoms. The Kier molecular flexibility index (Phi) is 2.22. The second-order valence-electron chi connectivity index (χ2n) is 3.45. The van der Waals surface area contributed by atoms with Crippen molar-refractivity contribution >= 4 is 11.6 Å². The molecular formula is C9H11ClN2O. The molecule has 0 aromatic carbocycles. The second-order valence-corrected chi connectivity index (χ2v) is 3.83. The van der Waals surface area contributed by atoms with E-state index in [9.17, 15) is 0 Å². The first-order valence-corrected chi connectivity index (χ1v) is 4.70. The summed E-state index contributed by atoms with van der Waals surface area (Å²) in [4.78, 5) is 8.27. The first kappa shape index (κ1) is 8.91. The Morgan fingerprint density at radius 2 is 2.38 bits per heavy atom. The van der Waals surface area contributed by atoms with Crippen molar-refractivity contribution in [2.75, 3.05) is 6.61 Å². The lowest BCUT2D eigenvalue weighted by molar-refractivity contribution is 0.273. The topological polar surface area (TPSA) is 46.0 Å². The highest BCUT2D eigenvalue weighted by Crippen LogP contribution is 2.46. The summed E-state index contributed by atoms with van der Waals surface area (Å²) in [6, 6.07) is 1.79. The quantitative estimate of drug-likeness (QED) is 0.734. The summed E-state index contributed by atoms with van der Waals surface area (Å²) in [5, 5.41) is 9.39. The number of rotatable bonds is 2. The van der Waals surface area contributed by atoms with Gasteiger partial charge in [0, 0.05) is 18.2 Å². The van der Waals surface area contributed by atoms with Crippen molar-refractivity contribution in [3.05, 3.63) is 22.7 Å². The van der Waals surface area contributed by atoms with Gasteiger partial charge in [0.05, 0.1) is 0 Å². The predicted octanol–water partition coefficient (Wildman–Crippen LogP) is 1.53. The summed E-state index contributed by atoms with van der Waals surface area (Å²) in [5.41, 5.74) is 0.969. The van der Waals surface area contributed by atoms with E-state index in [1.165, 1.54) is 0 Å². The van der Waals surface area contributed by atoms with Gasteiger partial charge < -0.3 is 5.11 Å². The molecule has 3 nitrogen and oxygen atoms in total. The lowest BCUT2D eigenvalue weighted by Gasteiger charge is -2.00. The zero-order valence-corrected chi connectivity index (χ0v) is 8.12. The molecule has 1 saturated carbocycles. The summed E-state index contributed by atoms with van der Waals surface area (Å²) in [6.45, 7) is 2.07. The van der Waals surface area contributed by atoms with Gasteiger partial charge in [-0.2, -0.15) is 0 Å². The number of aryl methyl sites for hydroxylation is 1. The number of aliphatic hydroxyl groups excluding tert-OH is 1. The van der Waals surface area contributed by atoms with Crippen LogP contribution in [0.1, 0.15) is 23.9 Å². The molecule has 2 atom stereocenters. The molecule has 0 spiro atoms. The van der Waals surface area contributed by atoms with E-state index in [1.807, 2.05) is 6.92 Å². The lowest BCUT2D eigenvalue weighted by atomic mass is 10.2. The molecule has 1 fully saturated rings. The standard InChI is InChI=1S/C9H11ClN2O/c1-5-11-8(3-9(10)12-5)7-2-6(7)4-13/h3,6-7,13H,2,4H2,1H3/t6-,7-/m1/s1. The third-order valence-electron chi connectivity index (χ3n) is 2.36. The highest BCUT2D eigenvalue weighted by molar-refractivity contribution is 6.29. The van der Waals surface area contributed by atoms with E-state index in [1.54, 1.807) is 6.07 Å². The number of aromatic nitrogens is 2. The summed E-state index contributed by atoms with van der Waals surface area (Å²) >= 11 is 5.80. The molecule has 1 N–H and O–H groups in total. The van der Waals surface area contributed by atoms with Gasteiger partial charge in [-0.05, 0) is 25.3 Å². The Morgan fingerprint density at radius 1 is 1.62 bits per heavy atom. The van der Waals surface area contributed by atoms with Crippen LogP contribution in [-0.4, -0.2) is 21.7 Å². The van der Waals surface area contributed by atoms with E-state index in [2.05, 4.69) is 9.97 Å². The van der Waals surface area contributed by atoms with Crippen molar-refractivity contribution in [2.24, 2.45) is 5.92 Å².